The van der Waals surface area contributed by atoms with Crippen LogP contribution in [0.5, 0.6) is 0 Å². The smallest absolute Gasteiger partial charge is 0.475 e. The summed E-state index contributed by atoms with van der Waals surface area (Å²) in [6.07, 6.45) is -6.47. The summed E-state index contributed by atoms with van der Waals surface area (Å²) in [5.74, 6) is -4.31. The molecular formula is C18H23F6N3O6S. The molecule has 2 aliphatic heterocycles. The number of alkyl halides is 6. The maximum atomic E-state index is 11.9. The number of sulfonamides is 1. The van der Waals surface area contributed by atoms with E-state index in [1.54, 1.807) is 17.4 Å². The molecule has 2 aliphatic rings. The molecule has 0 spiro atoms. The van der Waals surface area contributed by atoms with E-state index in [9.17, 15) is 34.8 Å². The molecule has 16 heteroatoms. The topological polar surface area (TPSA) is 128 Å². The lowest BCUT2D eigenvalue weighted by Gasteiger charge is -2.20. The molecule has 9 nitrogen and oxygen atoms in total. The quantitative estimate of drug-likeness (QED) is 0.575. The molecule has 2 fully saturated rings. The molecule has 194 valence electrons. The SMILES string of the molecule is CCS(=O)(=O)N1CC2CN(Cc3cccnc3)CC2C1.O=C(O)C(F)(F)F.O=C(O)C(F)(F)F. The van der Waals surface area contributed by atoms with E-state index in [-0.39, 0.29) is 5.75 Å². The van der Waals surface area contributed by atoms with Crippen molar-refractivity contribution in [1.29, 1.82) is 0 Å². The van der Waals surface area contributed by atoms with E-state index in [0.29, 0.717) is 24.9 Å². The van der Waals surface area contributed by atoms with Gasteiger partial charge in [-0.15, -0.1) is 0 Å². The lowest BCUT2D eigenvalue weighted by molar-refractivity contribution is -0.193. The molecule has 1 aromatic heterocycles. The summed E-state index contributed by atoms with van der Waals surface area (Å²) in [4.78, 5) is 24.4. The van der Waals surface area contributed by atoms with Gasteiger partial charge in [0.1, 0.15) is 0 Å². The van der Waals surface area contributed by atoms with Crippen LogP contribution in [0.3, 0.4) is 0 Å². The number of hydrogen-bond donors (Lipinski definition) is 2. The van der Waals surface area contributed by atoms with Crippen molar-refractivity contribution in [3.63, 3.8) is 0 Å². The standard InChI is InChI=1S/C14H21N3O2S.2C2HF3O2/c1-2-20(18,19)17-10-13-8-16(9-14(13)11-17)7-12-4-3-5-15-6-12;2*3-2(4,5)1(6)7/h3-6,13-14H,2,7-11H2,1H3;2*(H,6,7). The minimum absolute atomic E-state index is 0.214. The highest BCUT2D eigenvalue weighted by atomic mass is 32.2. The van der Waals surface area contributed by atoms with E-state index < -0.39 is 34.3 Å². The first kappa shape index (κ1) is 29.6. The molecule has 0 aliphatic carbocycles. The molecule has 2 N–H and O–H groups in total. The third-order valence-electron chi connectivity index (χ3n) is 4.90. The molecule has 0 aromatic carbocycles. The minimum Gasteiger partial charge on any atom is -0.475 e. The number of carboxylic acid groups (broad SMARTS) is 2. The molecule has 2 saturated heterocycles. The van der Waals surface area contributed by atoms with Crippen LogP contribution >= 0.6 is 0 Å². The number of carboxylic acids is 2. The lowest BCUT2D eigenvalue weighted by atomic mass is 10.0. The minimum atomic E-state index is -5.08. The van der Waals surface area contributed by atoms with Crippen LogP contribution in [-0.2, 0) is 26.2 Å². The molecule has 3 rings (SSSR count). The van der Waals surface area contributed by atoms with Gasteiger partial charge in [0, 0.05) is 45.1 Å². The molecule has 0 amide bonds. The third kappa shape index (κ3) is 9.42. The van der Waals surface area contributed by atoms with E-state index >= 15 is 0 Å². The van der Waals surface area contributed by atoms with Gasteiger partial charge in [0.25, 0.3) is 0 Å². The Hall–Kier alpha value is -2.46. The Morgan fingerprint density at radius 3 is 1.76 bits per heavy atom. The van der Waals surface area contributed by atoms with Crippen molar-refractivity contribution >= 4 is 22.0 Å². The van der Waals surface area contributed by atoms with Crippen molar-refractivity contribution in [2.24, 2.45) is 11.8 Å². The van der Waals surface area contributed by atoms with Crippen LogP contribution in [0.1, 0.15) is 12.5 Å². The third-order valence-corrected chi connectivity index (χ3v) is 6.72. The summed E-state index contributed by atoms with van der Waals surface area (Å²) >= 11 is 0. The average Bonchev–Trinajstić information content (AvgIpc) is 3.27. The van der Waals surface area contributed by atoms with Crippen LogP contribution in [0.15, 0.2) is 24.5 Å². The number of nitrogens with zero attached hydrogens (tertiary/aromatic N) is 3. The zero-order chi connectivity index (χ0) is 26.3. The molecule has 2 unspecified atom stereocenters. The van der Waals surface area contributed by atoms with Crippen molar-refractivity contribution in [2.45, 2.75) is 25.8 Å². The summed E-state index contributed by atoms with van der Waals surface area (Å²) in [6, 6.07) is 4.05. The molecule has 0 radical (unpaired) electrons. The van der Waals surface area contributed by atoms with E-state index in [1.807, 2.05) is 12.3 Å². The van der Waals surface area contributed by atoms with Gasteiger partial charge in [-0.25, -0.2) is 22.3 Å². The maximum Gasteiger partial charge on any atom is 0.490 e. The summed E-state index contributed by atoms with van der Waals surface area (Å²) in [5, 5.41) is 14.2. The molecule has 3 heterocycles. The van der Waals surface area contributed by atoms with Crippen LogP contribution < -0.4 is 0 Å². The monoisotopic (exact) mass is 523 g/mol. The van der Waals surface area contributed by atoms with Crippen LogP contribution in [0.2, 0.25) is 0 Å². The number of likely N-dealkylation sites (tertiary alicyclic amines) is 1. The fourth-order valence-corrected chi connectivity index (χ4v) is 4.54. The predicted octanol–water partition coefficient (Wildman–Crippen LogP) is 2.06. The average molecular weight is 523 g/mol. The highest BCUT2D eigenvalue weighted by Crippen LogP contribution is 2.33. The Labute approximate surface area is 191 Å². The van der Waals surface area contributed by atoms with Gasteiger partial charge in [0.2, 0.25) is 10.0 Å². The van der Waals surface area contributed by atoms with Gasteiger partial charge < -0.3 is 10.2 Å². The molecule has 34 heavy (non-hydrogen) atoms. The highest BCUT2D eigenvalue weighted by Gasteiger charge is 2.43. The van der Waals surface area contributed by atoms with E-state index in [0.717, 1.165) is 19.6 Å². The number of pyridine rings is 1. The number of aliphatic carboxylic acids is 2. The van der Waals surface area contributed by atoms with Crippen molar-refractivity contribution in [3.05, 3.63) is 30.1 Å². The number of aromatic nitrogens is 1. The van der Waals surface area contributed by atoms with Crippen LogP contribution in [0.4, 0.5) is 26.3 Å². The van der Waals surface area contributed by atoms with Gasteiger partial charge in [-0.1, -0.05) is 6.07 Å². The van der Waals surface area contributed by atoms with Crippen LogP contribution in [0, 0.1) is 11.8 Å². The molecule has 1 aromatic rings. The number of rotatable bonds is 4. The fraction of sp³-hybridized carbons (Fsp3) is 0.611. The largest absolute Gasteiger partial charge is 0.490 e. The Kier molecular flexibility index (Phi) is 10.3. The predicted molar refractivity (Wildman–Crippen MR) is 105 cm³/mol. The first-order valence-electron chi connectivity index (χ1n) is 9.66. The zero-order valence-electron chi connectivity index (χ0n) is 17.8. The zero-order valence-corrected chi connectivity index (χ0v) is 18.6. The molecule has 2 atom stereocenters. The number of fused-ring (bicyclic) bond motifs is 1. The Balaban J connectivity index is 0.000000343. The molecule has 0 saturated carbocycles. The van der Waals surface area contributed by atoms with E-state index in [1.165, 1.54) is 5.56 Å². The summed E-state index contributed by atoms with van der Waals surface area (Å²) in [7, 11) is -3.01. The van der Waals surface area contributed by atoms with Crippen LogP contribution in [0.25, 0.3) is 0 Å². The van der Waals surface area contributed by atoms with Crippen LogP contribution in [-0.4, -0.2) is 89.0 Å². The van der Waals surface area contributed by atoms with Gasteiger partial charge in [-0.3, -0.25) is 9.88 Å². The molecular weight excluding hydrogens is 500 g/mol. The molecule has 0 bridgehead atoms. The number of halogens is 6. The summed E-state index contributed by atoms with van der Waals surface area (Å²) in [5.41, 5.74) is 1.23. The second-order valence-electron chi connectivity index (χ2n) is 7.40. The Morgan fingerprint density at radius 2 is 1.44 bits per heavy atom. The van der Waals surface area contributed by atoms with Crippen molar-refractivity contribution < 1.29 is 54.6 Å². The number of carbonyl (C=O) groups is 2. The Morgan fingerprint density at radius 1 is 1.00 bits per heavy atom. The van der Waals surface area contributed by atoms with Gasteiger partial charge >= 0.3 is 24.3 Å². The Bertz CT molecular complexity index is 888. The maximum absolute atomic E-state index is 11.9. The number of hydrogen-bond acceptors (Lipinski definition) is 6. The van der Waals surface area contributed by atoms with E-state index in [2.05, 4.69) is 16.0 Å². The van der Waals surface area contributed by atoms with Gasteiger partial charge in [0.15, 0.2) is 0 Å². The first-order valence-corrected chi connectivity index (χ1v) is 11.3. The lowest BCUT2D eigenvalue weighted by Crippen LogP contribution is -2.34. The van der Waals surface area contributed by atoms with Crippen molar-refractivity contribution in [2.75, 3.05) is 31.9 Å². The summed E-state index contributed by atoms with van der Waals surface area (Å²) in [6.45, 7) is 6.03. The van der Waals surface area contributed by atoms with E-state index in [4.69, 9.17) is 19.8 Å². The van der Waals surface area contributed by atoms with Gasteiger partial charge in [0.05, 0.1) is 5.75 Å². The van der Waals surface area contributed by atoms with Gasteiger partial charge in [-0.2, -0.15) is 26.3 Å². The van der Waals surface area contributed by atoms with Crippen molar-refractivity contribution in [1.82, 2.24) is 14.2 Å². The van der Waals surface area contributed by atoms with Gasteiger partial charge in [-0.05, 0) is 30.4 Å². The second kappa shape index (κ2) is 11.8. The first-order chi connectivity index (χ1) is 15.5. The normalized spacial score (nSPS) is 21.0. The second-order valence-corrected chi connectivity index (χ2v) is 9.66. The van der Waals surface area contributed by atoms with Crippen molar-refractivity contribution in [3.8, 4) is 0 Å². The summed E-state index contributed by atoms with van der Waals surface area (Å²) < 4.78 is 89.0. The highest BCUT2D eigenvalue weighted by molar-refractivity contribution is 7.89. The fourth-order valence-electron chi connectivity index (χ4n) is 3.34.